The molecule has 0 saturated heterocycles. The van der Waals surface area contributed by atoms with Crippen molar-refractivity contribution in [3.63, 3.8) is 0 Å². The molecular weight excluding hydrogens is 220 g/mol. The lowest BCUT2D eigenvalue weighted by Crippen LogP contribution is -2.14. The van der Waals surface area contributed by atoms with E-state index in [2.05, 4.69) is 0 Å². The number of Topliss-reactive ketones (excluding diaryl/α,β-unsaturated/α-hetero) is 1. The zero-order valence-corrected chi connectivity index (χ0v) is 9.60. The number of aryl methyl sites for hydroxylation is 1. The van der Waals surface area contributed by atoms with Gasteiger partial charge in [-0.1, -0.05) is 6.92 Å². The molecule has 1 heterocycles. The molecule has 0 aliphatic carbocycles. The van der Waals surface area contributed by atoms with Crippen LogP contribution in [-0.2, 0) is 6.54 Å². The highest BCUT2D eigenvalue weighted by Crippen LogP contribution is 2.15. The van der Waals surface area contributed by atoms with Gasteiger partial charge in [-0.25, -0.2) is 4.79 Å². The Morgan fingerprint density at radius 2 is 2.24 bits per heavy atom. The Balaban J connectivity index is 2.57. The van der Waals surface area contributed by atoms with Crippen molar-refractivity contribution >= 4 is 16.9 Å². The van der Waals surface area contributed by atoms with E-state index in [0.29, 0.717) is 23.2 Å². The third kappa shape index (κ3) is 2.01. The van der Waals surface area contributed by atoms with Crippen LogP contribution in [0.5, 0.6) is 0 Å². The summed E-state index contributed by atoms with van der Waals surface area (Å²) < 4.78 is 6.66. The van der Waals surface area contributed by atoms with E-state index >= 15 is 0 Å². The van der Waals surface area contributed by atoms with E-state index < -0.39 is 0 Å². The fourth-order valence-corrected chi connectivity index (χ4v) is 1.79. The molecule has 0 bridgehead atoms. The molecule has 17 heavy (non-hydrogen) atoms. The maximum Gasteiger partial charge on any atom is 0.419 e. The SMILES string of the molecule is CCCn1c(=O)oc2cc(C(=O)CN)ccc21. The van der Waals surface area contributed by atoms with Gasteiger partial charge >= 0.3 is 5.76 Å². The molecular formula is C12H14N2O3. The van der Waals surface area contributed by atoms with E-state index in [1.54, 1.807) is 22.8 Å². The minimum atomic E-state index is -0.390. The van der Waals surface area contributed by atoms with Gasteiger partial charge in [0.1, 0.15) is 0 Å². The standard InChI is InChI=1S/C12H14N2O3/c1-2-5-14-9-4-3-8(10(15)7-13)6-11(9)17-12(14)16/h3-4,6H,2,5,7,13H2,1H3. The van der Waals surface area contributed by atoms with Crippen molar-refractivity contribution < 1.29 is 9.21 Å². The zero-order valence-electron chi connectivity index (χ0n) is 9.60. The van der Waals surface area contributed by atoms with E-state index in [-0.39, 0.29) is 18.1 Å². The minimum absolute atomic E-state index is 0.0502. The topological polar surface area (TPSA) is 78.2 Å². The van der Waals surface area contributed by atoms with Crippen LogP contribution in [0.3, 0.4) is 0 Å². The van der Waals surface area contributed by atoms with Gasteiger partial charge in [0.15, 0.2) is 11.4 Å². The average molecular weight is 234 g/mol. The number of hydrogen-bond donors (Lipinski definition) is 1. The second-order valence-corrected chi connectivity index (χ2v) is 3.83. The van der Waals surface area contributed by atoms with Gasteiger partial charge in [0.2, 0.25) is 0 Å². The molecule has 0 aliphatic rings. The number of ketones is 1. The Labute approximate surface area is 97.8 Å². The summed E-state index contributed by atoms with van der Waals surface area (Å²) in [6.45, 7) is 2.54. The van der Waals surface area contributed by atoms with Crippen molar-refractivity contribution in [2.45, 2.75) is 19.9 Å². The number of benzene rings is 1. The van der Waals surface area contributed by atoms with E-state index in [0.717, 1.165) is 6.42 Å². The van der Waals surface area contributed by atoms with Crippen molar-refractivity contribution in [3.05, 3.63) is 34.3 Å². The molecule has 90 valence electrons. The van der Waals surface area contributed by atoms with Crippen LogP contribution in [0.15, 0.2) is 27.4 Å². The quantitative estimate of drug-likeness (QED) is 0.805. The summed E-state index contributed by atoms with van der Waals surface area (Å²) in [5.41, 5.74) is 6.90. The summed E-state index contributed by atoms with van der Waals surface area (Å²) in [7, 11) is 0. The van der Waals surface area contributed by atoms with Crippen LogP contribution in [0.4, 0.5) is 0 Å². The smallest absolute Gasteiger partial charge is 0.408 e. The molecule has 0 aliphatic heterocycles. The lowest BCUT2D eigenvalue weighted by molar-refractivity contribution is 0.100. The summed E-state index contributed by atoms with van der Waals surface area (Å²) in [6, 6.07) is 4.95. The van der Waals surface area contributed by atoms with Gasteiger partial charge in [0.25, 0.3) is 0 Å². The molecule has 1 aromatic carbocycles. The maximum atomic E-state index is 11.6. The van der Waals surface area contributed by atoms with Crippen molar-refractivity contribution in [1.82, 2.24) is 4.57 Å². The predicted molar refractivity (Wildman–Crippen MR) is 64.1 cm³/mol. The lowest BCUT2D eigenvalue weighted by Gasteiger charge is -2.00. The highest BCUT2D eigenvalue weighted by molar-refractivity contribution is 5.99. The molecule has 0 atom stereocenters. The van der Waals surface area contributed by atoms with Gasteiger partial charge < -0.3 is 10.2 Å². The van der Waals surface area contributed by atoms with Crippen molar-refractivity contribution in [3.8, 4) is 0 Å². The second kappa shape index (κ2) is 4.55. The van der Waals surface area contributed by atoms with Crippen LogP contribution in [0.2, 0.25) is 0 Å². The first-order valence-corrected chi connectivity index (χ1v) is 5.54. The van der Waals surface area contributed by atoms with Crippen LogP contribution in [0.1, 0.15) is 23.7 Å². The minimum Gasteiger partial charge on any atom is -0.408 e. The normalized spacial score (nSPS) is 10.9. The van der Waals surface area contributed by atoms with E-state index in [1.807, 2.05) is 6.92 Å². The summed E-state index contributed by atoms with van der Waals surface area (Å²) in [6.07, 6.45) is 0.845. The van der Waals surface area contributed by atoms with Gasteiger partial charge in [-0.2, -0.15) is 0 Å². The molecule has 0 spiro atoms. The first-order valence-electron chi connectivity index (χ1n) is 5.54. The molecule has 0 unspecified atom stereocenters. The molecule has 2 rings (SSSR count). The number of nitrogens with two attached hydrogens (primary N) is 1. The number of nitrogens with zero attached hydrogens (tertiary/aromatic N) is 1. The summed E-state index contributed by atoms with van der Waals surface area (Å²) >= 11 is 0. The molecule has 2 aromatic rings. The number of aromatic nitrogens is 1. The van der Waals surface area contributed by atoms with Crippen LogP contribution in [0, 0.1) is 0 Å². The van der Waals surface area contributed by atoms with Crippen LogP contribution in [-0.4, -0.2) is 16.9 Å². The van der Waals surface area contributed by atoms with Gasteiger partial charge in [0.05, 0.1) is 12.1 Å². The van der Waals surface area contributed by atoms with E-state index in [1.165, 1.54) is 0 Å². The average Bonchev–Trinajstić information content (AvgIpc) is 2.64. The summed E-state index contributed by atoms with van der Waals surface area (Å²) in [5, 5.41) is 0. The van der Waals surface area contributed by atoms with Crippen LogP contribution in [0.25, 0.3) is 11.1 Å². The van der Waals surface area contributed by atoms with Crippen molar-refractivity contribution in [2.75, 3.05) is 6.54 Å². The summed E-state index contributed by atoms with van der Waals surface area (Å²) in [5.74, 6) is -0.558. The molecule has 2 N–H and O–H groups in total. The van der Waals surface area contributed by atoms with Crippen LogP contribution < -0.4 is 11.5 Å². The van der Waals surface area contributed by atoms with E-state index in [9.17, 15) is 9.59 Å². The maximum absolute atomic E-state index is 11.6. The van der Waals surface area contributed by atoms with Crippen molar-refractivity contribution in [2.24, 2.45) is 5.73 Å². The molecule has 0 radical (unpaired) electrons. The highest BCUT2D eigenvalue weighted by atomic mass is 16.4. The lowest BCUT2D eigenvalue weighted by atomic mass is 10.1. The molecule has 5 heteroatoms. The fraction of sp³-hybridized carbons (Fsp3) is 0.333. The largest absolute Gasteiger partial charge is 0.419 e. The molecule has 0 amide bonds. The van der Waals surface area contributed by atoms with E-state index in [4.69, 9.17) is 10.2 Å². The Morgan fingerprint density at radius 3 is 2.88 bits per heavy atom. The van der Waals surface area contributed by atoms with Gasteiger partial charge in [-0.15, -0.1) is 0 Å². The Hall–Kier alpha value is -1.88. The van der Waals surface area contributed by atoms with Gasteiger partial charge in [0, 0.05) is 12.1 Å². The number of carbonyl (C=O) groups excluding carboxylic acids is 1. The summed E-state index contributed by atoms with van der Waals surface area (Å²) in [4.78, 5) is 23.0. The highest BCUT2D eigenvalue weighted by Gasteiger charge is 2.11. The third-order valence-electron chi connectivity index (χ3n) is 2.62. The Bertz CT molecular complexity index is 610. The third-order valence-corrected chi connectivity index (χ3v) is 2.62. The number of oxazole rings is 1. The molecule has 1 aromatic heterocycles. The predicted octanol–water partition coefficient (Wildman–Crippen LogP) is 1.15. The first-order chi connectivity index (χ1) is 8.17. The molecule has 0 saturated carbocycles. The van der Waals surface area contributed by atoms with Crippen LogP contribution >= 0.6 is 0 Å². The number of rotatable bonds is 4. The molecule has 0 fully saturated rings. The first kappa shape index (κ1) is 11.6. The monoisotopic (exact) mass is 234 g/mol. The number of carbonyl (C=O) groups is 1. The molecule has 5 nitrogen and oxygen atoms in total. The van der Waals surface area contributed by atoms with Gasteiger partial charge in [-0.3, -0.25) is 9.36 Å². The number of fused-ring (bicyclic) bond motifs is 1. The fourth-order valence-electron chi connectivity index (χ4n) is 1.79. The van der Waals surface area contributed by atoms with Crippen molar-refractivity contribution in [1.29, 1.82) is 0 Å². The zero-order chi connectivity index (χ0) is 12.4. The number of hydrogen-bond acceptors (Lipinski definition) is 4. The Morgan fingerprint density at radius 1 is 1.47 bits per heavy atom. The Kier molecular flexibility index (Phi) is 3.10. The second-order valence-electron chi connectivity index (χ2n) is 3.83. The van der Waals surface area contributed by atoms with Gasteiger partial charge in [-0.05, 0) is 24.6 Å².